The normalized spacial score (nSPS) is 14.3. The Morgan fingerprint density at radius 3 is 2.59 bits per heavy atom. The standard InChI is InChI=1S/C20H21ClN2O5S/c1-28-20(25)17-11-16(8-9-18(17)21)29(26,27)22-12-14-5-2-3-6-15(14)13-23-10-4-7-19(23)24/h2-3,5-6,8-9,11,22H,4,7,10,12-13H2,1H3. The van der Waals surface area contributed by atoms with Gasteiger partial charge in [-0.25, -0.2) is 17.9 Å². The molecule has 2 aromatic rings. The summed E-state index contributed by atoms with van der Waals surface area (Å²) in [6, 6.07) is 11.2. The van der Waals surface area contributed by atoms with Gasteiger partial charge in [-0.15, -0.1) is 0 Å². The molecule has 0 aliphatic carbocycles. The van der Waals surface area contributed by atoms with Gasteiger partial charge in [0.15, 0.2) is 0 Å². The zero-order valence-electron chi connectivity index (χ0n) is 15.9. The molecule has 1 saturated heterocycles. The van der Waals surface area contributed by atoms with E-state index in [1.165, 1.54) is 25.3 Å². The SMILES string of the molecule is COC(=O)c1cc(S(=O)(=O)NCc2ccccc2CN2CCCC2=O)ccc1Cl. The van der Waals surface area contributed by atoms with E-state index in [-0.39, 0.29) is 27.9 Å². The highest BCUT2D eigenvalue weighted by molar-refractivity contribution is 7.89. The number of nitrogens with one attached hydrogen (secondary N) is 1. The Kier molecular flexibility index (Phi) is 6.56. The molecule has 1 heterocycles. The summed E-state index contributed by atoms with van der Waals surface area (Å²) in [5, 5.41) is 0.108. The number of rotatable bonds is 7. The van der Waals surface area contributed by atoms with Crippen molar-refractivity contribution < 1.29 is 22.7 Å². The van der Waals surface area contributed by atoms with E-state index in [4.69, 9.17) is 11.6 Å². The number of sulfonamides is 1. The van der Waals surface area contributed by atoms with Crippen molar-refractivity contribution >= 4 is 33.5 Å². The van der Waals surface area contributed by atoms with Gasteiger partial charge in [-0.1, -0.05) is 35.9 Å². The minimum Gasteiger partial charge on any atom is -0.465 e. The van der Waals surface area contributed by atoms with E-state index >= 15 is 0 Å². The number of halogens is 1. The maximum atomic E-state index is 12.7. The topological polar surface area (TPSA) is 92.8 Å². The molecule has 154 valence electrons. The molecule has 0 unspecified atom stereocenters. The Bertz CT molecular complexity index is 1040. The Balaban J connectivity index is 1.77. The highest BCUT2D eigenvalue weighted by atomic mass is 35.5. The summed E-state index contributed by atoms with van der Waals surface area (Å²) in [6.07, 6.45) is 1.39. The van der Waals surface area contributed by atoms with E-state index in [1.807, 2.05) is 24.3 Å². The first-order valence-corrected chi connectivity index (χ1v) is 10.9. The number of carbonyl (C=O) groups excluding carboxylic acids is 2. The number of benzene rings is 2. The predicted molar refractivity (Wildman–Crippen MR) is 108 cm³/mol. The van der Waals surface area contributed by atoms with Crippen LogP contribution in [0.2, 0.25) is 5.02 Å². The van der Waals surface area contributed by atoms with Crippen LogP contribution in [0.5, 0.6) is 0 Å². The van der Waals surface area contributed by atoms with Gasteiger partial charge in [0, 0.05) is 26.1 Å². The second-order valence-electron chi connectivity index (χ2n) is 6.65. The van der Waals surface area contributed by atoms with Crippen molar-refractivity contribution in [3.05, 3.63) is 64.2 Å². The highest BCUT2D eigenvalue weighted by Crippen LogP contribution is 2.22. The molecule has 0 radical (unpaired) electrons. The number of hydrogen-bond donors (Lipinski definition) is 1. The lowest BCUT2D eigenvalue weighted by Gasteiger charge is -2.18. The molecule has 0 aromatic heterocycles. The van der Waals surface area contributed by atoms with Gasteiger partial charge < -0.3 is 9.64 Å². The molecule has 9 heteroatoms. The summed E-state index contributed by atoms with van der Waals surface area (Å²) in [5.41, 5.74) is 1.64. The van der Waals surface area contributed by atoms with Crippen LogP contribution in [0.25, 0.3) is 0 Å². The van der Waals surface area contributed by atoms with Crippen molar-refractivity contribution in [2.24, 2.45) is 0 Å². The summed E-state index contributed by atoms with van der Waals surface area (Å²) in [4.78, 5) is 25.4. The fraction of sp³-hybridized carbons (Fsp3) is 0.300. The Morgan fingerprint density at radius 1 is 1.21 bits per heavy atom. The van der Waals surface area contributed by atoms with Gasteiger partial charge in [-0.2, -0.15) is 0 Å². The lowest BCUT2D eigenvalue weighted by atomic mass is 10.1. The van der Waals surface area contributed by atoms with Gasteiger partial charge in [-0.05, 0) is 35.7 Å². The number of ether oxygens (including phenoxy) is 1. The van der Waals surface area contributed by atoms with Crippen LogP contribution in [0, 0.1) is 0 Å². The molecule has 0 spiro atoms. The average molecular weight is 437 g/mol. The van der Waals surface area contributed by atoms with Crippen LogP contribution in [0.3, 0.4) is 0 Å². The monoisotopic (exact) mass is 436 g/mol. The van der Waals surface area contributed by atoms with Crippen LogP contribution >= 0.6 is 11.6 Å². The van der Waals surface area contributed by atoms with E-state index in [0.717, 1.165) is 17.5 Å². The quantitative estimate of drug-likeness (QED) is 0.673. The van der Waals surface area contributed by atoms with Crippen LogP contribution in [0.4, 0.5) is 0 Å². The van der Waals surface area contributed by atoms with Gasteiger partial charge in [0.05, 0.1) is 22.6 Å². The van der Waals surface area contributed by atoms with Crippen molar-refractivity contribution in [1.29, 1.82) is 0 Å². The van der Waals surface area contributed by atoms with Gasteiger partial charge in [-0.3, -0.25) is 4.79 Å². The van der Waals surface area contributed by atoms with E-state index in [2.05, 4.69) is 9.46 Å². The fourth-order valence-corrected chi connectivity index (χ4v) is 4.38. The third kappa shape index (κ3) is 4.95. The molecule has 2 aromatic carbocycles. The predicted octanol–water partition coefficient (Wildman–Crippen LogP) is 2.73. The number of esters is 1. The Morgan fingerprint density at radius 2 is 1.93 bits per heavy atom. The summed E-state index contributed by atoms with van der Waals surface area (Å²) in [6.45, 7) is 1.21. The molecule has 1 aliphatic rings. The van der Waals surface area contributed by atoms with Gasteiger partial charge >= 0.3 is 5.97 Å². The second kappa shape index (κ2) is 8.94. The fourth-order valence-electron chi connectivity index (χ4n) is 3.16. The lowest BCUT2D eigenvalue weighted by molar-refractivity contribution is -0.128. The lowest BCUT2D eigenvalue weighted by Crippen LogP contribution is -2.27. The van der Waals surface area contributed by atoms with Gasteiger partial charge in [0.2, 0.25) is 15.9 Å². The minimum absolute atomic E-state index is 0.0232. The van der Waals surface area contributed by atoms with Crippen molar-refractivity contribution in [3.8, 4) is 0 Å². The molecule has 1 N–H and O–H groups in total. The average Bonchev–Trinajstić information content (AvgIpc) is 3.11. The summed E-state index contributed by atoms with van der Waals surface area (Å²) in [5.74, 6) is -0.607. The van der Waals surface area contributed by atoms with Crippen LogP contribution in [-0.4, -0.2) is 38.8 Å². The maximum absolute atomic E-state index is 12.7. The number of hydrogen-bond acceptors (Lipinski definition) is 5. The maximum Gasteiger partial charge on any atom is 0.339 e. The molecule has 3 rings (SSSR count). The molecular weight excluding hydrogens is 416 g/mol. The summed E-state index contributed by atoms with van der Waals surface area (Å²) >= 11 is 5.96. The van der Waals surface area contributed by atoms with Crippen molar-refractivity contribution in [2.75, 3.05) is 13.7 Å². The van der Waals surface area contributed by atoms with E-state index < -0.39 is 16.0 Å². The number of likely N-dealkylation sites (tertiary alicyclic amines) is 1. The van der Waals surface area contributed by atoms with E-state index in [9.17, 15) is 18.0 Å². The zero-order chi connectivity index (χ0) is 21.0. The van der Waals surface area contributed by atoms with Crippen LogP contribution < -0.4 is 4.72 Å². The first-order valence-electron chi connectivity index (χ1n) is 9.04. The molecule has 0 bridgehead atoms. The summed E-state index contributed by atoms with van der Waals surface area (Å²) in [7, 11) is -2.70. The molecule has 7 nitrogen and oxygen atoms in total. The van der Waals surface area contributed by atoms with Crippen molar-refractivity contribution in [2.45, 2.75) is 30.8 Å². The first kappa shape index (κ1) is 21.3. The molecule has 1 fully saturated rings. The third-order valence-electron chi connectivity index (χ3n) is 4.76. The smallest absolute Gasteiger partial charge is 0.339 e. The van der Waals surface area contributed by atoms with Crippen LogP contribution in [0.1, 0.15) is 34.3 Å². The second-order valence-corrected chi connectivity index (χ2v) is 8.82. The van der Waals surface area contributed by atoms with E-state index in [1.54, 1.807) is 4.90 Å². The molecule has 1 aliphatic heterocycles. The minimum atomic E-state index is -3.89. The zero-order valence-corrected chi connectivity index (χ0v) is 17.4. The molecule has 29 heavy (non-hydrogen) atoms. The van der Waals surface area contributed by atoms with Gasteiger partial charge in [0.25, 0.3) is 0 Å². The highest BCUT2D eigenvalue weighted by Gasteiger charge is 2.22. The number of carbonyl (C=O) groups is 2. The molecule has 0 atom stereocenters. The van der Waals surface area contributed by atoms with E-state index in [0.29, 0.717) is 19.5 Å². The third-order valence-corrected chi connectivity index (χ3v) is 6.49. The largest absolute Gasteiger partial charge is 0.465 e. The number of nitrogens with zero attached hydrogens (tertiary/aromatic N) is 1. The van der Waals surface area contributed by atoms with Crippen molar-refractivity contribution in [1.82, 2.24) is 9.62 Å². The molecular formula is C20H21ClN2O5S. The number of amides is 1. The molecule has 1 amide bonds. The molecule has 0 saturated carbocycles. The Labute approximate surface area is 174 Å². The van der Waals surface area contributed by atoms with Gasteiger partial charge in [0.1, 0.15) is 0 Å². The summed E-state index contributed by atoms with van der Waals surface area (Å²) < 4.78 is 32.6. The van der Waals surface area contributed by atoms with Crippen LogP contribution in [0.15, 0.2) is 47.4 Å². The number of methoxy groups -OCH3 is 1. The first-order chi connectivity index (χ1) is 13.8. The Hall–Kier alpha value is -2.42. The van der Waals surface area contributed by atoms with Crippen LogP contribution in [-0.2, 0) is 32.6 Å². The van der Waals surface area contributed by atoms with Crippen molar-refractivity contribution in [3.63, 3.8) is 0 Å².